The van der Waals surface area contributed by atoms with Gasteiger partial charge in [-0.1, -0.05) is 6.07 Å². The average molecular weight is 225 g/mol. The van der Waals surface area contributed by atoms with Gasteiger partial charge in [0.15, 0.2) is 11.6 Å². The molecule has 0 N–H and O–H groups in total. The number of hydrogen-bond donors (Lipinski definition) is 0. The summed E-state index contributed by atoms with van der Waals surface area (Å²) in [6.07, 6.45) is 0.927. The zero-order valence-corrected chi connectivity index (χ0v) is 9.79. The highest BCUT2D eigenvalue weighted by Crippen LogP contribution is 2.18. The van der Waals surface area contributed by atoms with Crippen LogP contribution in [-0.2, 0) is 11.2 Å². The molecule has 0 atom stereocenters. The Bertz CT molecular complexity index is 377. The number of amides is 1. The van der Waals surface area contributed by atoms with Gasteiger partial charge in [0, 0.05) is 20.5 Å². The van der Waals surface area contributed by atoms with Gasteiger partial charge in [-0.3, -0.25) is 4.79 Å². The molecule has 0 saturated carbocycles. The van der Waals surface area contributed by atoms with Crippen LogP contribution in [0, 0.1) is 5.82 Å². The summed E-state index contributed by atoms with van der Waals surface area (Å²) in [4.78, 5) is 12.9. The van der Waals surface area contributed by atoms with E-state index in [1.165, 1.54) is 18.1 Å². The van der Waals surface area contributed by atoms with Crippen LogP contribution in [0.3, 0.4) is 0 Å². The van der Waals surface area contributed by atoms with E-state index in [9.17, 15) is 9.18 Å². The van der Waals surface area contributed by atoms with Gasteiger partial charge in [-0.25, -0.2) is 4.39 Å². The Kier molecular flexibility index (Phi) is 4.28. The molecule has 88 valence electrons. The first-order chi connectivity index (χ1) is 7.54. The van der Waals surface area contributed by atoms with Gasteiger partial charge in [0.05, 0.1) is 7.11 Å². The van der Waals surface area contributed by atoms with Gasteiger partial charge in [0.2, 0.25) is 5.91 Å². The number of aryl methyl sites for hydroxylation is 1. The van der Waals surface area contributed by atoms with Gasteiger partial charge < -0.3 is 9.64 Å². The molecule has 0 saturated heterocycles. The second-order valence-corrected chi connectivity index (χ2v) is 3.76. The number of halogens is 1. The van der Waals surface area contributed by atoms with E-state index in [0.717, 1.165) is 5.56 Å². The summed E-state index contributed by atoms with van der Waals surface area (Å²) in [6.45, 7) is 0. The van der Waals surface area contributed by atoms with Crippen molar-refractivity contribution in [1.82, 2.24) is 4.90 Å². The molecule has 4 heteroatoms. The average Bonchev–Trinajstić information content (AvgIpc) is 2.25. The molecule has 3 nitrogen and oxygen atoms in total. The smallest absolute Gasteiger partial charge is 0.222 e. The summed E-state index contributed by atoms with van der Waals surface area (Å²) >= 11 is 0. The van der Waals surface area contributed by atoms with E-state index < -0.39 is 5.82 Å². The van der Waals surface area contributed by atoms with Crippen molar-refractivity contribution in [2.75, 3.05) is 21.2 Å². The van der Waals surface area contributed by atoms with E-state index in [4.69, 9.17) is 4.74 Å². The van der Waals surface area contributed by atoms with Gasteiger partial charge in [0.25, 0.3) is 0 Å². The Morgan fingerprint density at radius 3 is 2.62 bits per heavy atom. The highest BCUT2D eigenvalue weighted by Gasteiger charge is 2.07. The van der Waals surface area contributed by atoms with Crippen molar-refractivity contribution in [3.8, 4) is 5.75 Å². The Labute approximate surface area is 94.8 Å². The molecule has 1 rings (SSSR count). The standard InChI is InChI=1S/C12H16FNO2/c1-14(2)12(15)7-5-9-4-6-11(16-3)10(13)8-9/h4,6,8H,5,7H2,1-3H3. The summed E-state index contributed by atoms with van der Waals surface area (Å²) in [7, 11) is 4.83. The fourth-order valence-electron chi connectivity index (χ4n) is 1.34. The lowest BCUT2D eigenvalue weighted by Crippen LogP contribution is -2.21. The molecule has 0 radical (unpaired) electrons. The first kappa shape index (κ1) is 12.5. The molecule has 0 aliphatic carbocycles. The fourth-order valence-corrected chi connectivity index (χ4v) is 1.34. The number of rotatable bonds is 4. The molecule has 0 unspecified atom stereocenters. The number of carbonyl (C=O) groups excluding carboxylic acids is 1. The van der Waals surface area contributed by atoms with Crippen LogP contribution in [0.25, 0.3) is 0 Å². The van der Waals surface area contributed by atoms with Crippen LogP contribution < -0.4 is 4.74 Å². The van der Waals surface area contributed by atoms with Crippen LogP contribution in [0.1, 0.15) is 12.0 Å². The van der Waals surface area contributed by atoms with Crippen molar-refractivity contribution < 1.29 is 13.9 Å². The van der Waals surface area contributed by atoms with Crippen molar-refractivity contribution >= 4 is 5.91 Å². The molecule has 1 aromatic carbocycles. The summed E-state index contributed by atoms with van der Waals surface area (Å²) in [5.74, 6) is -0.129. The zero-order chi connectivity index (χ0) is 12.1. The van der Waals surface area contributed by atoms with E-state index in [2.05, 4.69) is 0 Å². The quantitative estimate of drug-likeness (QED) is 0.782. The Hall–Kier alpha value is -1.58. The first-order valence-electron chi connectivity index (χ1n) is 5.07. The molecule has 0 aliphatic rings. The van der Waals surface area contributed by atoms with Crippen LogP contribution in [0.4, 0.5) is 4.39 Å². The summed E-state index contributed by atoms with van der Waals surface area (Å²) in [5, 5.41) is 0. The number of nitrogens with zero attached hydrogens (tertiary/aromatic N) is 1. The zero-order valence-electron chi connectivity index (χ0n) is 9.79. The van der Waals surface area contributed by atoms with E-state index in [1.54, 1.807) is 26.2 Å². The van der Waals surface area contributed by atoms with Crippen molar-refractivity contribution in [3.05, 3.63) is 29.6 Å². The fraction of sp³-hybridized carbons (Fsp3) is 0.417. The molecular formula is C12H16FNO2. The SMILES string of the molecule is COc1ccc(CCC(=O)N(C)C)cc1F. The van der Waals surface area contributed by atoms with Crippen LogP contribution in [0.5, 0.6) is 5.75 Å². The van der Waals surface area contributed by atoms with Crippen LogP contribution in [0.15, 0.2) is 18.2 Å². The van der Waals surface area contributed by atoms with Crippen LogP contribution >= 0.6 is 0 Å². The molecule has 0 spiro atoms. The number of ether oxygens (including phenoxy) is 1. The topological polar surface area (TPSA) is 29.5 Å². The van der Waals surface area contributed by atoms with Gasteiger partial charge in [0.1, 0.15) is 0 Å². The number of carbonyl (C=O) groups is 1. The molecule has 16 heavy (non-hydrogen) atoms. The van der Waals surface area contributed by atoms with Gasteiger partial charge >= 0.3 is 0 Å². The molecular weight excluding hydrogens is 209 g/mol. The molecule has 1 aromatic rings. The Morgan fingerprint density at radius 1 is 1.44 bits per heavy atom. The maximum Gasteiger partial charge on any atom is 0.222 e. The molecule has 0 aromatic heterocycles. The second-order valence-electron chi connectivity index (χ2n) is 3.76. The minimum Gasteiger partial charge on any atom is -0.494 e. The normalized spacial score (nSPS) is 10.0. The molecule has 0 bridgehead atoms. The lowest BCUT2D eigenvalue weighted by molar-refractivity contribution is -0.128. The van der Waals surface area contributed by atoms with Crippen molar-refractivity contribution in [3.63, 3.8) is 0 Å². The second kappa shape index (κ2) is 5.49. The van der Waals surface area contributed by atoms with E-state index in [1.807, 2.05) is 0 Å². The van der Waals surface area contributed by atoms with Crippen LogP contribution in [0.2, 0.25) is 0 Å². The van der Waals surface area contributed by atoms with Gasteiger partial charge in [-0.05, 0) is 24.1 Å². The van der Waals surface area contributed by atoms with E-state index in [-0.39, 0.29) is 11.7 Å². The highest BCUT2D eigenvalue weighted by atomic mass is 19.1. The van der Waals surface area contributed by atoms with Gasteiger partial charge in [-0.15, -0.1) is 0 Å². The van der Waals surface area contributed by atoms with Gasteiger partial charge in [-0.2, -0.15) is 0 Å². The predicted molar refractivity (Wildman–Crippen MR) is 60.0 cm³/mol. The van der Waals surface area contributed by atoms with Crippen LogP contribution in [-0.4, -0.2) is 32.0 Å². The maximum atomic E-state index is 13.3. The first-order valence-corrected chi connectivity index (χ1v) is 5.07. The summed E-state index contributed by atoms with van der Waals surface area (Å²) in [5.41, 5.74) is 0.800. The Balaban J connectivity index is 2.62. The van der Waals surface area contributed by atoms with Crippen molar-refractivity contribution in [2.45, 2.75) is 12.8 Å². The third-order valence-electron chi connectivity index (χ3n) is 2.34. The minimum absolute atomic E-state index is 0.0382. The number of methoxy groups -OCH3 is 1. The third-order valence-corrected chi connectivity index (χ3v) is 2.34. The predicted octanol–water partition coefficient (Wildman–Crippen LogP) is 1.86. The van der Waals surface area contributed by atoms with E-state index >= 15 is 0 Å². The number of benzene rings is 1. The minimum atomic E-state index is -0.391. The lowest BCUT2D eigenvalue weighted by atomic mass is 10.1. The molecule has 0 fully saturated rings. The monoisotopic (exact) mass is 225 g/mol. The number of hydrogen-bond acceptors (Lipinski definition) is 2. The molecule has 0 aliphatic heterocycles. The largest absolute Gasteiger partial charge is 0.494 e. The van der Waals surface area contributed by atoms with E-state index in [0.29, 0.717) is 12.8 Å². The highest BCUT2D eigenvalue weighted by molar-refractivity contribution is 5.75. The van der Waals surface area contributed by atoms with Crippen molar-refractivity contribution in [2.24, 2.45) is 0 Å². The summed E-state index contributed by atoms with van der Waals surface area (Å²) < 4.78 is 18.1. The maximum absolute atomic E-state index is 13.3. The molecule has 0 heterocycles. The Morgan fingerprint density at radius 2 is 2.12 bits per heavy atom. The molecule has 1 amide bonds. The third kappa shape index (κ3) is 3.22. The van der Waals surface area contributed by atoms with Crippen molar-refractivity contribution in [1.29, 1.82) is 0 Å². The lowest BCUT2D eigenvalue weighted by Gasteiger charge is -2.10. The summed E-state index contributed by atoms with van der Waals surface area (Å²) in [6, 6.07) is 4.75.